The largest absolute Gasteiger partial charge is 0.494 e. The van der Waals surface area contributed by atoms with Gasteiger partial charge in [0.05, 0.1) is 27.7 Å². The molecule has 0 saturated heterocycles. The zero-order chi connectivity index (χ0) is 17.9. The SMILES string of the molecule is CCOc1ccc(C(C)NC(=O)c2nc(Cl)c(Cl)c(Cl)c2Cl)cc1. The minimum Gasteiger partial charge on any atom is -0.494 e. The van der Waals surface area contributed by atoms with Gasteiger partial charge in [0, 0.05) is 0 Å². The van der Waals surface area contributed by atoms with Crippen molar-refractivity contribution < 1.29 is 9.53 Å². The van der Waals surface area contributed by atoms with Crippen LogP contribution in [0.2, 0.25) is 20.2 Å². The molecule has 0 radical (unpaired) electrons. The number of aromatic nitrogens is 1. The molecule has 1 amide bonds. The first kappa shape index (κ1) is 19.1. The number of carbonyl (C=O) groups excluding carboxylic acids is 1. The fourth-order valence-electron chi connectivity index (χ4n) is 2.01. The highest BCUT2D eigenvalue weighted by Crippen LogP contribution is 2.36. The number of nitrogens with one attached hydrogen (secondary N) is 1. The normalized spacial score (nSPS) is 11.9. The van der Waals surface area contributed by atoms with Crippen LogP contribution in [-0.2, 0) is 0 Å². The van der Waals surface area contributed by atoms with E-state index in [1.54, 1.807) is 0 Å². The first-order valence-corrected chi connectivity index (χ1v) is 8.60. The van der Waals surface area contributed by atoms with Gasteiger partial charge < -0.3 is 10.1 Å². The Kier molecular flexibility index (Phi) is 6.58. The predicted octanol–water partition coefficient (Wildman–Crippen LogP) is 5.58. The van der Waals surface area contributed by atoms with Crippen molar-refractivity contribution >= 4 is 52.3 Å². The molecule has 1 aromatic heterocycles. The summed E-state index contributed by atoms with van der Waals surface area (Å²) in [7, 11) is 0. The summed E-state index contributed by atoms with van der Waals surface area (Å²) >= 11 is 23.7. The molecular weight excluding hydrogens is 394 g/mol. The van der Waals surface area contributed by atoms with Crippen LogP contribution in [0.25, 0.3) is 0 Å². The van der Waals surface area contributed by atoms with E-state index in [0.717, 1.165) is 11.3 Å². The molecular formula is C16H14Cl4N2O2. The maximum absolute atomic E-state index is 12.4. The molecule has 0 aliphatic heterocycles. The van der Waals surface area contributed by atoms with Gasteiger partial charge in [0.15, 0.2) is 0 Å². The third-order valence-electron chi connectivity index (χ3n) is 3.24. The zero-order valence-corrected chi connectivity index (χ0v) is 15.9. The van der Waals surface area contributed by atoms with Crippen molar-refractivity contribution in [1.29, 1.82) is 0 Å². The predicted molar refractivity (Wildman–Crippen MR) is 97.8 cm³/mol. The third-order valence-corrected chi connectivity index (χ3v) is 4.92. The molecule has 1 atom stereocenters. The summed E-state index contributed by atoms with van der Waals surface area (Å²) in [5.41, 5.74) is 0.822. The first-order chi connectivity index (χ1) is 11.3. The Morgan fingerprint density at radius 1 is 1.12 bits per heavy atom. The Morgan fingerprint density at radius 3 is 2.33 bits per heavy atom. The van der Waals surface area contributed by atoms with Crippen LogP contribution in [0.1, 0.15) is 35.9 Å². The van der Waals surface area contributed by atoms with E-state index in [1.807, 2.05) is 38.1 Å². The lowest BCUT2D eigenvalue weighted by atomic mass is 10.1. The van der Waals surface area contributed by atoms with Gasteiger partial charge in [0.25, 0.3) is 5.91 Å². The maximum Gasteiger partial charge on any atom is 0.272 e. The maximum atomic E-state index is 12.4. The van der Waals surface area contributed by atoms with Gasteiger partial charge in [0.1, 0.15) is 16.6 Å². The summed E-state index contributed by atoms with van der Waals surface area (Å²) in [6.07, 6.45) is 0. The van der Waals surface area contributed by atoms with Crippen LogP contribution >= 0.6 is 46.4 Å². The fraction of sp³-hybridized carbons (Fsp3) is 0.250. The Morgan fingerprint density at radius 2 is 1.75 bits per heavy atom. The van der Waals surface area contributed by atoms with Gasteiger partial charge in [-0.2, -0.15) is 0 Å². The van der Waals surface area contributed by atoms with Crippen LogP contribution in [0.3, 0.4) is 0 Å². The van der Waals surface area contributed by atoms with Crippen molar-refractivity contribution in [3.8, 4) is 5.75 Å². The van der Waals surface area contributed by atoms with Crippen molar-refractivity contribution in [2.45, 2.75) is 19.9 Å². The van der Waals surface area contributed by atoms with E-state index >= 15 is 0 Å². The molecule has 24 heavy (non-hydrogen) atoms. The molecule has 1 unspecified atom stereocenters. The summed E-state index contributed by atoms with van der Waals surface area (Å²) in [5.74, 6) is 0.266. The molecule has 8 heteroatoms. The summed E-state index contributed by atoms with van der Waals surface area (Å²) in [5, 5.41) is 2.68. The summed E-state index contributed by atoms with van der Waals surface area (Å²) in [6.45, 7) is 4.34. The second-order valence-corrected chi connectivity index (χ2v) is 6.38. The van der Waals surface area contributed by atoms with Crippen molar-refractivity contribution in [2.24, 2.45) is 0 Å². The number of amides is 1. The van der Waals surface area contributed by atoms with Crippen LogP contribution in [0.15, 0.2) is 24.3 Å². The van der Waals surface area contributed by atoms with E-state index in [1.165, 1.54) is 0 Å². The van der Waals surface area contributed by atoms with Gasteiger partial charge in [-0.15, -0.1) is 0 Å². The molecule has 0 fully saturated rings. The molecule has 0 aliphatic rings. The second kappa shape index (κ2) is 8.26. The lowest BCUT2D eigenvalue weighted by Crippen LogP contribution is -2.27. The lowest BCUT2D eigenvalue weighted by molar-refractivity contribution is 0.0935. The number of carbonyl (C=O) groups is 1. The molecule has 128 valence electrons. The highest BCUT2D eigenvalue weighted by molar-refractivity contribution is 6.52. The number of rotatable bonds is 5. The topological polar surface area (TPSA) is 51.2 Å². The first-order valence-electron chi connectivity index (χ1n) is 7.08. The van der Waals surface area contributed by atoms with Gasteiger partial charge in [0.2, 0.25) is 0 Å². The number of benzene rings is 1. The van der Waals surface area contributed by atoms with E-state index in [4.69, 9.17) is 51.1 Å². The van der Waals surface area contributed by atoms with Gasteiger partial charge in [-0.25, -0.2) is 4.98 Å². The van der Waals surface area contributed by atoms with E-state index in [9.17, 15) is 4.79 Å². The zero-order valence-electron chi connectivity index (χ0n) is 12.9. The minimum atomic E-state index is -0.498. The third kappa shape index (κ3) is 4.25. The Labute approximate surface area is 160 Å². The highest BCUT2D eigenvalue weighted by Gasteiger charge is 2.21. The molecule has 4 nitrogen and oxygen atoms in total. The van der Waals surface area contributed by atoms with E-state index in [0.29, 0.717) is 6.61 Å². The average Bonchev–Trinajstić information content (AvgIpc) is 2.57. The van der Waals surface area contributed by atoms with Crippen LogP contribution in [0, 0.1) is 0 Å². The van der Waals surface area contributed by atoms with Gasteiger partial charge in [-0.05, 0) is 31.5 Å². The number of hydrogen-bond donors (Lipinski definition) is 1. The van der Waals surface area contributed by atoms with Crippen LogP contribution in [-0.4, -0.2) is 17.5 Å². The Balaban J connectivity index is 2.17. The molecule has 1 aromatic carbocycles. The van der Waals surface area contributed by atoms with E-state index in [2.05, 4.69) is 10.3 Å². The van der Waals surface area contributed by atoms with Crippen molar-refractivity contribution in [1.82, 2.24) is 10.3 Å². The molecule has 0 saturated carbocycles. The minimum absolute atomic E-state index is 0.00259. The fourth-order valence-corrected chi connectivity index (χ4v) is 2.82. The second-order valence-electron chi connectivity index (χ2n) is 4.89. The number of pyridine rings is 1. The van der Waals surface area contributed by atoms with Crippen LogP contribution < -0.4 is 10.1 Å². The Hall–Kier alpha value is -1.20. The molecule has 1 heterocycles. The van der Waals surface area contributed by atoms with Crippen molar-refractivity contribution in [3.63, 3.8) is 0 Å². The number of hydrogen-bond acceptors (Lipinski definition) is 3. The van der Waals surface area contributed by atoms with Gasteiger partial charge in [-0.3, -0.25) is 4.79 Å². The monoisotopic (exact) mass is 406 g/mol. The lowest BCUT2D eigenvalue weighted by Gasteiger charge is -2.16. The number of nitrogens with zero attached hydrogens (tertiary/aromatic N) is 1. The van der Waals surface area contributed by atoms with Gasteiger partial charge in [-0.1, -0.05) is 58.5 Å². The summed E-state index contributed by atoms with van der Waals surface area (Å²) in [4.78, 5) is 16.3. The molecule has 0 bridgehead atoms. The quantitative estimate of drug-likeness (QED) is 0.657. The highest BCUT2D eigenvalue weighted by atomic mass is 35.5. The molecule has 0 spiro atoms. The number of halogens is 4. The molecule has 1 N–H and O–H groups in total. The molecule has 0 aliphatic carbocycles. The van der Waals surface area contributed by atoms with Gasteiger partial charge >= 0.3 is 0 Å². The summed E-state index contributed by atoms with van der Waals surface area (Å²) < 4.78 is 5.39. The molecule has 2 rings (SSSR count). The van der Waals surface area contributed by atoms with Crippen molar-refractivity contribution in [3.05, 3.63) is 55.7 Å². The summed E-state index contributed by atoms with van der Waals surface area (Å²) in [6, 6.07) is 7.13. The standard InChI is InChI=1S/C16H14Cl4N2O2/c1-3-24-10-6-4-9(5-7-10)8(2)21-16(23)14-12(18)11(17)13(19)15(20)22-14/h4-8H,3H2,1-2H3,(H,21,23). The molecule has 2 aromatic rings. The van der Waals surface area contributed by atoms with Crippen LogP contribution in [0.4, 0.5) is 0 Å². The van der Waals surface area contributed by atoms with E-state index < -0.39 is 5.91 Å². The number of ether oxygens (including phenoxy) is 1. The van der Waals surface area contributed by atoms with Crippen molar-refractivity contribution in [2.75, 3.05) is 6.61 Å². The van der Waals surface area contributed by atoms with E-state index in [-0.39, 0.29) is 32.0 Å². The average molecular weight is 408 g/mol. The smallest absolute Gasteiger partial charge is 0.272 e. The van der Waals surface area contributed by atoms with Crippen LogP contribution in [0.5, 0.6) is 5.75 Å². The Bertz CT molecular complexity index is 751.